The molecule has 0 bridgehead atoms. The highest BCUT2D eigenvalue weighted by Crippen LogP contribution is 2.23. The Morgan fingerprint density at radius 1 is 1.56 bits per heavy atom. The number of rotatable bonds is 3. The molecule has 0 spiro atoms. The van der Waals surface area contributed by atoms with Crippen LogP contribution in [0.2, 0.25) is 0 Å². The van der Waals surface area contributed by atoms with Crippen LogP contribution in [0.15, 0.2) is 12.3 Å². The second kappa shape index (κ2) is 4.89. The number of hydrogen-bond donors (Lipinski definition) is 1. The van der Waals surface area contributed by atoms with Crippen LogP contribution in [-0.2, 0) is 6.54 Å². The van der Waals surface area contributed by atoms with Crippen molar-refractivity contribution < 1.29 is 0 Å². The van der Waals surface area contributed by atoms with E-state index in [2.05, 4.69) is 21.8 Å². The van der Waals surface area contributed by atoms with Gasteiger partial charge in [0.05, 0.1) is 5.69 Å². The fourth-order valence-corrected chi connectivity index (χ4v) is 2.41. The molecule has 2 N–H and O–H groups in total. The summed E-state index contributed by atoms with van der Waals surface area (Å²) in [7, 11) is 0. The lowest BCUT2D eigenvalue weighted by Crippen LogP contribution is -2.27. The molecule has 1 aliphatic rings. The summed E-state index contributed by atoms with van der Waals surface area (Å²) in [4.78, 5) is 11.0. The fourth-order valence-electron chi connectivity index (χ4n) is 2.41. The first kappa shape index (κ1) is 11.5. The maximum absolute atomic E-state index is 5.72. The third-order valence-electron chi connectivity index (χ3n) is 3.32. The predicted molar refractivity (Wildman–Crippen MR) is 63.8 cm³/mol. The fraction of sp³-hybridized carbons (Fsp3) is 0.667. The van der Waals surface area contributed by atoms with Gasteiger partial charge in [0.1, 0.15) is 5.82 Å². The van der Waals surface area contributed by atoms with Gasteiger partial charge in [-0.2, -0.15) is 0 Å². The molecule has 88 valence electrons. The van der Waals surface area contributed by atoms with E-state index in [1.807, 2.05) is 19.2 Å². The standard InChI is InChI=1S/C12H20N4/c1-9-5-11(6-13)7-16(9)8-12-3-4-14-10(2)15-12/h3-4,9,11H,5-8,13H2,1-2H3. The Kier molecular flexibility index (Phi) is 3.51. The highest BCUT2D eigenvalue weighted by molar-refractivity contribution is 5.02. The largest absolute Gasteiger partial charge is 0.330 e. The molecule has 2 rings (SSSR count). The van der Waals surface area contributed by atoms with Gasteiger partial charge >= 0.3 is 0 Å². The van der Waals surface area contributed by atoms with Crippen molar-refractivity contribution in [3.8, 4) is 0 Å². The van der Waals surface area contributed by atoms with Gasteiger partial charge in [-0.1, -0.05) is 0 Å². The van der Waals surface area contributed by atoms with Crippen LogP contribution in [0.1, 0.15) is 24.9 Å². The summed E-state index contributed by atoms with van der Waals surface area (Å²) < 4.78 is 0. The van der Waals surface area contributed by atoms with Gasteiger partial charge in [0, 0.05) is 25.3 Å². The van der Waals surface area contributed by atoms with Crippen molar-refractivity contribution in [2.45, 2.75) is 32.9 Å². The first-order valence-corrected chi connectivity index (χ1v) is 5.91. The van der Waals surface area contributed by atoms with Crippen LogP contribution in [0, 0.1) is 12.8 Å². The molecular formula is C12H20N4. The Bertz CT molecular complexity index is 353. The molecule has 1 aliphatic heterocycles. The first-order valence-electron chi connectivity index (χ1n) is 5.91. The number of nitrogens with two attached hydrogens (primary N) is 1. The van der Waals surface area contributed by atoms with E-state index < -0.39 is 0 Å². The lowest BCUT2D eigenvalue weighted by Gasteiger charge is -2.20. The Labute approximate surface area is 96.9 Å². The average Bonchev–Trinajstić information content (AvgIpc) is 2.60. The molecule has 1 fully saturated rings. The summed E-state index contributed by atoms with van der Waals surface area (Å²) in [6.07, 6.45) is 3.04. The van der Waals surface area contributed by atoms with Crippen molar-refractivity contribution in [2.24, 2.45) is 11.7 Å². The van der Waals surface area contributed by atoms with E-state index in [1.165, 1.54) is 6.42 Å². The van der Waals surface area contributed by atoms with Gasteiger partial charge in [-0.15, -0.1) is 0 Å². The number of nitrogens with zero attached hydrogens (tertiary/aromatic N) is 3. The van der Waals surface area contributed by atoms with Crippen LogP contribution < -0.4 is 5.73 Å². The van der Waals surface area contributed by atoms with Crippen LogP contribution in [0.3, 0.4) is 0 Å². The van der Waals surface area contributed by atoms with Crippen molar-refractivity contribution in [2.75, 3.05) is 13.1 Å². The lowest BCUT2D eigenvalue weighted by molar-refractivity contribution is 0.252. The highest BCUT2D eigenvalue weighted by Gasteiger charge is 2.27. The molecule has 2 unspecified atom stereocenters. The minimum atomic E-state index is 0.615. The second-order valence-corrected chi connectivity index (χ2v) is 4.71. The van der Waals surface area contributed by atoms with E-state index in [4.69, 9.17) is 5.73 Å². The topological polar surface area (TPSA) is 55.0 Å². The van der Waals surface area contributed by atoms with Gasteiger partial charge in [-0.05, 0) is 38.8 Å². The van der Waals surface area contributed by atoms with Crippen molar-refractivity contribution in [3.05, 3.63) is 23.8 Å². The SMILES string of the molecule is Cc1nccc(CN2CC(CN)CC2C)n1. The molecule has 16 heavy (non-hydrogen) atoms. The molecule has 1 aromatic rings. The minimum Gasteiger partial charge on any atom is -0.330 e. The van der Waals surface area contributed by atoms with Gasteiger partial charge in [0.25, 0.3) is 0 Å². The van der Waals surface area contributed by atoms with Crippen molar-refractivity contribution in [3.63, 3.8) is 0 Å². The van der Waals surface area contributed by atoms with Crippen LogP contribution in [0.25, 0.3) is 0 Å². The third kappa shape index (κ3) is 2.57. The van der Waals surface area contributed by atoms with Gasteiger partial charge in [-0.25, -0.2) is 9.97 Å². The zero-order chi connectivity index (χ0) is 11.5. The van der Waals surface area contributed by atoms with Crippen LogP contribution in [-0.4, -0.2) is 34.0 Å². The zero-order valence-electron chi connectivity index (χ0n) is 10.1. The van der Waals surface area contributed by atoms with Gasteiger partial charge < -0.3 is 5.73 Å². The zero-order valence-corrected chi connectivity index (χ0v) is 10.1. The molecule has 0 amide bonds. The molecule has 4 heteroatoms. The van der Waals surface area contributed by atoms with E-state index in [0.29, 0.717) is 12.0 Å². The Morgan fingerprint density at radius 2 is 2.38 bits per heavy atom. The Hall–Kier alpha value is -1.00. The second-order valence-electron chi connectivity index (χ2n) is 4.71. The number of likely N-dealkylation sites (tertiary alicyclic amines) is 1. The first-order chi connectivity index (χ1) is 7.69. The van der Waals surface area contributed by atoms with Gasteiger partial charge in [0.2, 0.25) is 0 Å². The van der Waals surface area contributed by atoms with E-state index in [9.17, 15) is 0 Å². The lowest BCUT2D eigenvalue weighted by atomic mass is 10.1. The summed E-state index contributed by atoms with van der Waals surface area (Å²) in [5.41, 5.74) is 6.83. The number of hydrogen-bond acceptors (Lipinski definition) is 4. The molecule has 1 saturated heterocycles. The summed E-state index contributed by atoms with van der Waals surface area (Å²) >= 11 is 0. The van der Waals surface area contributed by atoms with Crippen LogP contribution >= 0.6 is 0 Å². The van der Waals surface area contributed by atoms with E-state index in [1.54, 1.807) is 0 Å². The van der Waals surface area contributed by atoms with E-state index >= 15 is 0 Å². The number of aryl methyl sites for hydroxylation is 1. The molecule has 0 radical (unpaired) electrons. The van der Waals surface area contributed by atoms with Crippen LogP contribution in [0.4, 0.5) is 0 Å². The van der Waals surface area contributed by atoms with Gasteiger partial charge in [0.15, 0.2) is 0 Å². The molecule has 1 aromatic heterocycles. The Morgan fingerprint density at radius 3 is 3.00 bits per heavy atom. The van der Waals surface area contributed by atoms with E-state index in [0.717, 1.165) is 31.2 Å². The molecule has 0 aromatic carbocycles. The third-order valence-corrected chi connectivity index (χ3v) is 3.32. The van der Waals surface area contributed by atoms with Crippen molar-refractivity contribution >= 4 is 0 Å². The molecule has 4 nitrogen and oxygen atoms in total. The molecule has 0 saturated carbocycles. The molecule has 0 aliphatic carbocycles. The van der Waals surface area contributed by atoms with Crippen LogP contribution in [0.5, 0.6) is 0 Å². The summed E-state index contributed by atoms with van der Waals surface area (Å²) in [5, 5.41) is 0. The Balaban J connectivity index is 2.00. The van der Waals surface area contributed by atoms with Crippen molar-refractivity contribution in [1.82, 2.24) is 14.9 Å². The van der Waals surface area contributed by atoms with Gasteiger partial charge in [-0.3, -0.25) is 4.90 Å². The summed E-state index contributed by atoms with van der Waals surface area (Å²) in [5.74, 6) is 1.50. The monoisotopic (exact) mass is 220 g/mol. The molecule has 2 heterocycles. The quantitative estimate of drug-likeness (QED) is 0.824. The predicted octanol–water partition coefficient (Wildman–Crippen LogP) is 0.954. The maximum atomic E-state index is 5.72. The number of aromatic nitrogens is 2. The molecule has 2 atom stereocenters. The molecular weight excluding hydrogens is 200 g/mol. The normalized spacial score (nSPS) is 26.2. The van der Waals surface area contributed by atoms with Crippen molar-refractivity contribution in [1.29, 1.82) is 0 Å². The van der Waals surface area contributed by atoms with E-state index in [-0.39, 0.29) is 0 Å². The summed E-state index contributed by atoms with van der Waals surface area (Å²) in [6, 6.07) is 2.61. The summed E-state index contributed by atoms with van der Waals surface area (Å²) in [6.45, 7) is 7.01. The maximum Gasteiger partial charge on any atom is 0.125 e. The smallest absolute Gasteiger partial charge is 0.125 e. The average molecular weight is 220 g/mol. The highest BCUT2D eigenvalue weighted by atomic mass is 15.2. The minimum absolute atomic E-state index is 0.615.